The van der Waals surface area contributed by atoms with Crippen LogP contribution in [0.1, 0.15) is 37.5 Å². The molecule has 2 nitrogen and oxygen atoms in total. The molecule has 0 bridgehead atoms. The van der Waals surface area contributed by atoms with Crippen LogP contribution in [-0.2, 0) is 6.54 Å². The molecule has 0 fully saturated rings. The highest BCUT2D eigenvalue weighted by molar-refractivity contribution is 7.56. The molecule has 0 saturated carbocycles. The van der Waals surface area contributed by atoms with Crippen LogP contribution in [0.25, 0.3) is 0 Å². The van der Waals surface area contributed by atoms with Gasteiger partial charge in [-0.1, -0.05) is 38.4 Å². The predicted molar refractivity (Wildman–Crippen MR) is 98.2 cm³/mol. The summed E-state index contributed by atoms with van der Waals surface area (Å²) in [5.74, 6) is 0.391. The van der Waals surface area contributed by atoms with Gasteiger partial charge in [0.2, 0.25) is 0 Å². The van der Waals surface area contributed by atoms with E-state index >= 15 is 0 Å². The molecule has 0 heterocycles. The van der Waals surface area contributed by atoms with Gasteiger partial charge in [-0.25, -0.2) is 0 Å². The fourth-order valence-corrected chi connectivity index (χ4v) is 3.69. The minimum Gasteiger partial charge on any atom is -0.507 e. The molecule has 118 valence electrons. The average Bonchev–Trinajstić information content (AvgIpc) is 2.42. The third kappa shape index (κ3) is 4.56. The highest BCUT2D eigenvalue weighted by Gasteiger charge is 2.13. The lowest BCUT2D eigenvalue weighted by Crippen LogP contribution is -2.36. The first-order valence-corrected chi connectivity index (χ1v) is 8.66. The summed E-state index contributed by atoms with van der Waals surface area (Å²) in [6.07, 6.45) is 0. The summed E-state index contributed by atoms with van der Waals surface area (Å²) in [4.78, 5) is 0. The Morgan fingerprint density at radius 2 is 1.82 bits per heavy atom. The van der Waals surface area contributed by atoms with E-state index in [-0.39, 0.29) is 5.54 Å². The van der Waals surface area contributed by atoms with Crippen LogP contribution in [0.5, 0.6) is 5.75 Å². The standard InChI is InChI=1S/C19H26NOP/c1-13-9-10-16(21)17(11-13)22-18-14(2)7-6-8-15(18)12-20-19(3,4)5/h6-11,20-22H,12H2,1-5H3. The predicted octanol–water partition coefficient (Wildman–Crippen LogP) is 3.53. The van der Waals surface area contributed by atoms with Crippen LogP contribution in [0.4, 0.5) is 0 Å². The number of hydrogen-bond donors (Lipinski definition) is 2. The molecule has 0 aliphatic heterocycles. The van der Waals surface area contributed by atoms with Gasteiger partial charge in [0.25, 0.3) is 0 Å². The van der Waals surface area contributed by atoms with E-state index in [1.165, 1.54) is 22.0 Å². The molecule has 0 aliphatic carbocycles. The van der Waals surface area contributed by atoms with Crippen molar-refractivity contribution < 1.29 is 5.11 Å². The molecule has 0 radical (unpaired) electrons. The van der Waals surface area contributed by atoms with E-state index < -0.39 is 0 Å². The summed E-state index contributed by atoms with van der Waals surface area (Å²) >= 11 is 0. The molecule has 3 heteroatoms. The molecule has 0 spiro atoms. The number of benzene rings is 2. The zero-order valence-electron chi connectivity index (χ0n) is 14.1. The first-order chi connectivity index (χ1) is 10.3. The molecule has 2 N–H and O–H groups in total. The minimum atomic E-state index is 0.0929. The van der Waals surface area contributed by atoms with Crippen molar-refractivity contribution in [2.24, 2.45) is 0 Å². The molecule has 2 aromatic carbocycles. The van der Waals surface area contributed by atoms with Crippen molar-refractivity contribution in [1.29, 1.82) is 0 Å². The van der Waals surface area contributed by atoms with Crippen LogP contribution in [0, 0.1) is 13.8 Å². The topological polar surface area (TPSA) is 32.3 Å². The summed E-state index contributed by atoms with van der Waals surface area (Å²) in [7, 11) is 0.473. The fourth-order valence-electron chi connectivity index (χ4n) is 2.30. The summed E-state index contributed by atoms with van der Waals surface area (Å²) in [6, 6.07) is 12.3. The molecule has 0 aromatic heterocycles. The van der Waals surface area contributed by atoms with E-state index in [9.17, 15) is 5.11 Å². The second-order valence-electron chi connectivity index (χ2n) is 6.86. The first-order valence-electron chi connectivity index (χ1n) is 7.66. The van der Waals surface area contributed by atoms with E-state index in [2.05, 4.69) is 64.2 Å². The van der Waals surface area contributed by atoms with Crippen molar-refractivity contribution in [2.45, 2.75) is 46.7 Å². The number of nitrogens with one attached hydrogen (secondary N) is 1. The van der Waals surface area contributed by atoms with E-state index in [0.717, 1.165) is 11.8 Å². The molecule has 2 aromatic rings. The molecule has 0 saturated heterocycles. The average molecular weight is 315 g/mol. The van der Waals surface area contributed by atoms with E-state index in [0.29, 0.717) is 14.3 Å². The minimum absolute atomic E-state index is 0.0929. The number of aryl methyl sites for hydroxylation is 2. The maximum absolute atomic E-state index is 10.1. The van der Waals surface area contributed by atoms with Gasteiger partial charge in [-0.3, -0.25) is 0 Å². The zero-order valence-corrected chi connectivity index (χ0v) is 15.1. The number of aromatic hydroxyl groups is 1. The number of phenols is 1. The maximum atomic E-state index is 10.1. The van der Waals surface area contributed by atoms with Crippen LogP contribution >= 0.6 is 8.58 Å². The molecule has 1 unspecified atom stereocenters. The highest BCUT2D eigenvalue weighted by atomic mass is 31.1. The molecular formula is C19H26NOP. The molecular weight excluding hydrogens is 289 g/mol. The molecule has 1 atom stereocenters. The van der Waals surface area contributed by atoms with Crippen LogP contribution < -0.4 is 15.9 Å². The van der Waals surface area contributed by atoms with Crippen molar-refractivity contribution in [3.05, 3.63) is 53.1 Å². The van der Waals surface area contributed by atoms with Crippen molar-refractivity contribution in [3.63, 3.8) is 0 Å². The highest BCUT2D eigenvalue weighted by Crippen LogP contribution is 2.23. The number of rotatable bonds is 4. The Bertz CT molecular complexity index is 659. The van der Waals surface area contributed by atoms with E-state index in [1.54, 1.807) is 6.07 Å². The Labute approximate surface area is 135 Å². The molecule has 0 aliphatic rings. The van der Waals surface area contributed by atoms with E-state index in [4.69, 9.17) is 0 Å². The van der Waals surface area contributed by atoms with Gasteiger partial charge in [-0.2, -0.15) is 0 Å². The Kier molecular flexibility index (Phi) is 5.26. The van der Waals surface area contributed by atoms with Crippen LogP contribution in [0.15, 0.2) is 36.4 Å². The van der Waals surface area contributed by atoms with Crippen molar-refractivity contribution in [2.75, 3.05) is 0 Å². The monoisotopic (exact) mass is 315 g/mol. The summed E-state index contributed by atoms with van der Waals surface area (Å²) in [6.45, 7) is 11.6. The first kappa shape index (κ1) is 17.0. The van der Waals surface area contributed by atoms with E-state index in [1.807, 2.05) is 6.07 Å². The molecule has 0 amide bonds. The van der Waals surface area contributed by atoms with Crippen LogP contribution in [0.2, 0.25) is 0 Å². The molecule has 2 rings (SSSR count). The second kappa shape index (κ2) is 6.81. The van der Waals surface area contributed by atoms with Gasteiger partial charge in [0.15, 0.2) is 0 Å². The number of phenolic OH excluding ortho intramolecular Hbond substituents is 1. The summed E-state index contributed by atoms with van der Waals surface area (Å²) in [5.41, 5.74) is 3.88. The summed E-state index contributed by atoms with van der Waals surface area (Å²) < 4.78 is 0. The molecule has 22 heavy (non-hydrogen) atoms. The van der Waals surface area contributed by atoms with Crippen molar-refractivity contribution in [1.82, 2.24) is 5.32 Å². The largest absolute Gasteiger partial charge is 0.507 e. The Hall–Kier alpha value is -1.37. The van der Waals surface area contributed by atoms with Gasteiger partial charge in [0.05, 0.1) is 0 Å². The smallest absolute Gasteiger partial charge is 0.123 e. The lowest BCUT2D eigenvalue weighted by atomic mass is 10.1. The van der Waals surface area contributed by atoms with Gasteiger partial charge in [0.1, 0.15) is 5.75 Å². The maximum Gasteiger partial charge on any atom is 0.123 e. The lowest BCUT2D eigenvalue weighted by Gasteiger charge is -2.22. The van der Waals surface area contributed by atoms with Gasteiger partial charge < -0.3 is 10.4 Å². The lowest BCUT2D eigenvalue weighted by molar-refractivity contribution is 0.425. The Morgan fingerprint density at radius 1 is 1.09 bits per heavy atom. The summed E-state index contributed by atoms with van der Waals surface area (Å²) in [5, 5.41) is 16.0. The third-order valence-electron chi connectivity index (χ3n) is 3.58. The quantitative estimate of drug-likeness (QED) is 0.846. The number of hydrogen-bond acceptors (Lipinski definition) is 2. The third-order valence-corrected chi connectivity index (χ3v) is 5.22. The van der Waals surface area contributed by atoms with Gasteiger partial charge in [-0.15, -0.1) is 0 Å². The zero-order chi connectivity index (χ0) is 16.3. The Balaban J connectivity index is 2.31. The van der Waals surface area contributed by atoms with Gasteiger partial charge in [0, 0.05) is 17.4 Å². The van der Waals surface area contributed by atoms with Crippen LogP contribution in [0.3, 0.4) is 0 Å². The normalized spacial score (nSPS) is 12.2. The van der Waals surface area contributed by atoms with Crippen molar-refractivity contribution in [3.8, 4) is 5.75 Å². The van der Waals surface area contributed by atoms with Gasteiger partial charge >= 0.3 is 0 Å². The van der Waals surface area contributed by atoms with Crippen LogP contribution in [-0.4, -0.2) is 10.6 Å². The second-order valence-corrected chi connectivity index (χ2v) is 8.15. The SMILES string of the molecule is Cc1ccc(O)c(Pc2c(C)cccc2CNC(C)(C)C)c1. The Morgan fingerprint density at radius 3 is 2.50 bits per heavy atom. The van der Waals surface area contributed by atoms with Crippen molar-refractivity contribution >= 4 is 19.2 Å². The fraction of sp³-hybridized carbons (Fsp3) is 0.368. The van der Waals surface area contributed by atoms with Gasteiger partial charge in [-0.05, 0) is 63.2 Å².